The van der Waals surface area contributed by atoms with Gasteiger partial charge in [-0.1, -0.05) is 6.07 Å². The van der Waals surface area contributed by atoms with Crippen molar-refractivity contribution in [3.05, 3.63) is 29.6 Å². The van der Waals surface area contributed by atoms with Crippen LogP contribution in [-0.4, -0.2) is 50.7 Å². The summed E-state index contributed by atoms with van der Waals surface area (Å²) in [5, 5.41) is 6.69. The Morgan fingerprint density at radius 3 is 2.71 bits per heavy atom. The normalized spacial score (nSPS) is 18.5. The van der Waals surface area contributed by atoms with E-state index in [1.54, 1.807) is 19.2 Å². The number of aliphatic imine (C=N–C) groups is 1. The van der Waals surface area contributed by atoms with E-state index in [-0.39, 0.29) is 35.8 Å². The van der Waals surface area contributed by atoms with Crippen LogP contribution in [0.5, 0.6) is 5.75 Å². The molecule has 158 valence electrons. The summed E-state index contributed by atoms with van der Waals surface area (Å²) >= 11 is 0. The van der Waals surface area contributed by atoms with Crippen molar-refractivity contribution in [3.8, 4) is 5.75 Å². The molecule has 1 saturated heterocycles. The predicted molar refractivity (Wildman–Crippen MR) is 123 cm³/mol. The first-order valence-corrected chi connectivity index (χ1v) is 10.3. The second-order valence-electron chi connectivity index (χ2n) is 7.71. The average molecular weight is 504 g/mol. The van der Waals surface area contributed by atoms with Crippen LogP contribution in [0.2, 0.25) is 0 Å². The molecular formula is C21H34FIN4O. The van der Waals surface area contributed by atoms with Gasteiger partial charge in [-0.3, -0.25) is 4.99 Å². The fourth-order valence-corrected chi connectivity index (χ4v) is 3.39. The second-order valence-corrected chi connectivity index (χ2v) is 7.71. The Bertz CT molecular complexity index is 633. The van der Waals surface area contributed by atoms with Crippen molar-refractivity contribution >= 4 is 29.9 Å². The van der Waals surface area contributed by atoms with Crippen LogP contribution in [0.15, 0.2) is 23.2 Å². The van der Waals surface area contributed by atoms with Crippen LogP contribution in [0, 0.1) is 11.7 Å². The fourth-order valence-electron chi connectivity index (χ4n) is 3.39. The maximum absolute atomic E-state index is 14.3. The third kappa shape index (κ3) is 7.39. The molecule has 1 aliphatic carbocycles. The first-order chi connectivity index (χ1) is 13.2. The van der Waals surface area contributed by atoms with E-state index in [1.165, 1.54) is 38.8 Å². The highest BCUT2D eigenvalue weighted by Crippen LogP contribution is 2.30. The van der Waals surface area contributed by atoms with Crippen LogP contribution in [0.25, 0.3) is 0 Å². The predicted octanol–water partition coefficient (Wildman–Crippen LogP) is 3.94. The van der Waals surface area contributed by atoms with Crippen LogP contribution in [0.1, 0.15) is 50.6 Å². The minimum absolute atomic E-state index is 0. The molecule has 28 heavy (non-hydrogen) atoms. The van der Waals surface area contributed by atoms with Gasteiger partial charge in [0.05, 0.1) is 12.6 Å². The van der Waals surface area contributed by atoms with E-state index in [9.17, 15) is 4.39 Å². The lowest BCUT2D eigenvalue weighted by atomic mass is 10.1. The fraction of sp³-hybridized carbons (Fsp3) is 0.667. The number of ether oxygens (including phenoxy) is 1. The van der Waals surface area contributed by atoms with E-state index in [4.69, 9.17) is 4.74 Å². The molecule has 1 aromatic rings. The SMILES string of the molecule is CN=C(NCCCN1CCCC1)NC(C)c1ccc(OCC2CC2)c(F)c1.I. The van der Waals surface area contributed by atoms with Gasteiger partial charge in [0.15, 0.2) is 17.5 Å². The molecule has 3 rings (SSSR count). The molecule has 0 radical (unpaired) electrons. The number of benzene rings is 1. The van der Waals surface area contributed by atoms with E-state index >= 15 is 0 Å². The quantitative estimate of drug-likeness (QED) is 0.232. The van der Waals surface area contributed by atoms with E-state index < -0.39 is 0 Å². The summed E-state index contributed by atoms with van der Waals surface area (Å²) in [5.41, 5.74) is 0.881. The minimum Gasteiger partial charge on any atom is -0.490 e. The Hall–Kier alpha value is -1.09. The van der Waals surface area contributed by atoms with Crippen LogP contribution in [-0.2, 0) is 0 Å². The highest BCUT2D eigenvalue weighted by atomic mass is 127. The van der Waals surface area contributed by atoms with E-state index in [0.717, 1.165) is 31.0 Å². The molecule has 0 spiro atoms. The first-order valence-electron chi connectivity index (χ1n) is 10.3. The molecule has 1 heterocycles. The largest absolute Gasteiger partial charge is 0.490 e. The number of nitrogens with one attached hydrogen (secondary N) is 2. The molecule has 1 aliphatic heterocycles. The van der Waals surface area contributed by atoms with Gasteiger partial charge < -0.3 is 20.3 Å². The number of likely N-dealkylation sites (tertiary alicyclic amines) is 1. The number of guanidine groups is 1. The Kier molecular flexibility index (Phi) is 9.77. The Balaban J connectivity index is 0.00000280. The number of rotatable bonds is 9. The molecule has 1 aromatic carbocycles. The molecule has 2 aliphatic rings. The lowest BCUT2D eigenvalue weighted by Gasteiger charge is -2.20. The molecule has 2 fully saturated rings. The zero-order valence-electron chi connectivity index (χ0n) is 17.0. The highest BCUT2D eigenvalue weighted by molar-refractivity contribution is 14.0. The van der Waals surface area contributed by atoms with Crippen molar-refractivity contribution in [1.29, 1.82) is 0 Å². The van der Waals surface area contributed by atoms with Crippen molar-refractivity contribution in [2.75, 3.05) is 39.8 Å². The Labute approximate surface area is 185 Å². The third-order valence-electron chi connectivity index (χ3n) is 5.35. The number of nitrogens with zero attached hydrogens (tertiary/aromatic N) is 2. The standard InChI is InChI=1S/C21H33FN4O.HI/c1-16(18-8-9-20(19(22)14-18)27-15-17-6-7-17)25-21(23-2)24-10-5-13-26-11-3-4-12-26;/h8-9,14,16-17H,3-7,10-13,15H2,1-2H3,(H2,23,24,25);1H. The van der Waals surface area contributed by atoms with Crippen LogP contribution in [0.4, 0.5) is 4.39 Å². The van der Waals surface area contributed by atoms with Crippen LogP contribution < -0.4 is 15.4 Å². The molecule has 1 unspecified atom stereocenters. The van der Waals surface area contributed by atoms with Gasteiger partial charge in [-0.05, 0) is 82.3 Å². The van der Waals surface area contributed by atoms with Gasteiger partial charge in [0.1, 0.15) is 0 Å². The maximum atomic E-state index is 14.3. The maximum Gasteiger partial charge on any atom is 0.191 e. The summed E-state index contributed by atoms with van der Waals surface area (Å²) in [5.74, 6) is 1.42. The van der Waals surface area contributed by atoms with Gasteiger partial charge in [-0.2, -0.15) is 0 Å². The smallest absolute Gasteiger partial charge is 0.191 e. The zero-order chi connectivity index (χ0) is 19.1. The van der Waals surface area contributed by atoms with E-state index in [0.29, 0.717) is 18.3 Å². The van der Waals surface area contributed by atoms with Gasteiger partial charge in [0.2, 0.25) is 0 Å². The average Bonchev–Trinajstić information content (AvgIpc) is 3.36. The molecule has 1 saturated carbocycles. The van der Waals surface area contributed by atoms with Crippen molar-refractivity contribution in [1.82, 2.24) is 15.5 Å². The summed E-state index contributed by atoms with van der Waals surface area (Å²) in [6, 6.07) is 5.17. The van der Waals surface area contributed by atoms with Gasteiger partial charge in [-0.15, -0.1) is 24.0 Å². The highest BCUT2D eigenvalue weighted by Gasteiger charge is 2.22. The van der Waals surface area contributed by atoms with Crippen molar-refractivity contribution < 1.29 is 9.13 Å². The minimum atomic E-state index is -0.296. The lowest BCUT2D eigenvalue weighted by molar-refractivity contribution is 0.285. The monoisotopic (exact) mass is 504 g/mol. The summed E-state index contributed by atoms with van der Waals surface area (Å²) in [7, 11) is 1.76. The Morgan fingerprint density at radius 1 is 1.32 bits per heavy atom. The van der Waals surface area contributed by atoms with Crippen LogP contribution in [0.3, 0.4) is 0 Å². The number of hydrogen-bond donors (Lipinski definition) is 2. The number of hydrogen-bond acceptors (Lipinski definition) is 3. The molecule has 7 heteroatoms. The molecule has 1 atom stereocenters. The van der Waals surface area contributed by atoms with Gasteiger partial charge in [0, 0.05) is 13.6 Å². The molecule has 2 N–H and O–H groups in total. The van der Waals surface area contributed by atoms with E-state index in [2.05, 4.69) is 20.5 Å². The second kappa shape index (κ2) is 11.8. The Morgan fingerprint density at radius 2 is 2.07 bits per heavy atom. The van der Waals surface area contributed by atoms with Gasteiger partial charge in [0.25, 0.3) is 0 Å². The molecule has 5 nitrogen and oxygen atoms in total. The topological polar surface area (TPSA) is 48.9 Å². The van der Waals surface area contributed by atoms with Crippen molar-refractivity contribution in [2.45, 2.75) is 45.1 Å². The first kappa shape index (κ1) is 23.2. The van der Waals surface area contributed by atoms with Gasteiger partial charge in [-0.25, -0.2) is 4.39 Å². The molecule has 0 aromatic heterocycles. The van der Waals surface area contributed by atoms with Crippen LogP contribution >= 0.6 is 24.0 Å². The summed E-state index contributed by atoms with van der Waals surface area (Å²) in [4.78, 5) is 6.79. The summed E-state index contributed by atoms with van der Waals surface area (Å²) < 4.78 is 19.9. The molecule has 0 amide bonds. The molecular weight excluding hydrogens is 470 g/mol. The van der Waals surface area contributed by atoms with E-state index in [1.807, 2.05) is 13.0 Å². The van der Waals surface area contributed by atoms with Crippen molar-refractivity contribution in [2.24, 2.45) is 10.9 Å². The van der Waals surface area contributed by atoms with Gasteiger partial charge >= 0.3 is 0 Å². The van der Waals surface area contributed by atoms with Crippen molar-refractivity contribution in [3.63, 3.8) is 0 Å². The third-order valence-corrected chi connectivity index (χ3v) is 5.35. The summed E-state index contributed by atoms with van der Waals surface area (Å²) in [6.07, 6.45) is 6.15. The summed E-state index contributed by atoms with van der Waals surface area (Å²) in [6.45, 7) is 7.11. The lowest BCUT2D eigenvalue weighted by Crippen LogP contribution is -2.39. The number of halogens is 2. The molecule has 0 bridgehead atoms. The zero-order valence-corrected chi connectivity index (χ0v) is 19.4.